The summed E-state index contributed by atoms with van der Waals surface area (Å²) in [6, 6.07) is 8.28. The number of nitrogens with one attached hydrogen (secondary N) is 1. The van der Waals surface area contributed by atoms with E-state index in [-0.39, 0.29) is 6.04 Å². The highest BCUT2D eigenvalue weighted by Crippen LogP contribution is 2.17. The number of anilines is 1. The Labute approximate surface area is 125 Å². The minimum absolute atomic E-state index is 0.209. The molecule has 114 valence electrons. The fraction of sp³-hybridized carbons (Fsp3) is 0.438. The summed E-state index contributed by atoms with van der Waals surface area (Å²) in [5, 5.41) is 3.38. The normalized spacial score (nSPS) is 12.2. The Morgan fingerprint density at radius 3 is 2.86 bits per heavy atom. The summed E-state index contributed by atoms with van der Waals surface area (Å²) in [4.78, 5) is 4.54. The molecule has 2 rings (SSSR count). The Hall–Kier alpha value is -2.01. The molecule has 0 fully saturated rings. The monoisotopic (exact) mass is 289 g/mol. The molecule has 5 nitrogen and oxygen atoms in total. The van der Waals surface area contributed by atoms with Crippen LogP contribution < -0.4 is 10.1 Å². The molecule has 1 aromatic carbocycles. The molecule has 1 unspecified atom stereocenters. The van der Waals surface area contributed by atoms with Crippen molar-refractivity contribution in [2.45, 2.75) is 26.4 Å². The van der Waals surface area contributed by atoms with Crippen LogP contribution in [0.4, 0.5) is 5.95 Å². The van der Waals surface area contributed by atoms with Gasteiger partial charge in [0.2, 0.25) is 5.95 Å². The molecule has 1 N–H and O–H groups in total. The topological polar surface area (TPSA) is 48.3 Å². The van der Waals surface area contributed by atoms with Crippen molar-refractivity contribution < 1.29 is 9.47 Å². The molecule has 0 amide bonds. The minimum Gasteiger partial charge on any atom is -0.497 e. The average Bonchev–Trinajstić information content (AvgIpc) is 2.79. The third kappa shape index (κ3) is 4.23. The van der Waals surface area contributed by atoms with Gasteiger partial charge < -0.3 is 19.4 Å². The lowest BCUT2D eigenvalue weighted by Crippen LogP contribution is -2.23. The van der Waals surface area contributed by atoms with E-state index in [1.54, 1.807) is 14.2 Å². The van der Waals surface area contributed by atoms with Crippen LogP contribution in [0.5, 0.6) is 5.75 Å². The maximum Gasteiger partial charge on any atom is 0.203 e. The summed E-state index contributed by atoms with van der Waals surface area (Å²) in [6.45, 7) is 5.46. The molecular weight excluding hydrogens is 266 g/mol. The number of benzene rings is 1. The highest BCUT2D eigenvalue weighted by atomic mass is 16.5. The van der Waals surface area contributed by atoms with Gasteiger partial charge in [0.15, 0.2) is 0 Å². The summed E-state index contributed by atoms with van der Waals surface area (Å²) in [6.07, 6.45) is 2.04. The Bertz CT molecular complexity index is 581. The number of rotatable bonds is 7. The molecule has 1 aromatic heterocycles. The van der Waals surface area contributed by atoms with Gasteiger partial charge in [0, 0.05) is 19.3 Å². The van der Waals surface area contributed by atoms with E-state index in [9.17, 15) is 0 Å². The van der Waals surface area contributed by atoms with E-state index >= 15 is 0 Å². The number of aryl methyl sites for hydroxylation is 1. The molecule has 21 heavy (non-hydrogen) atoms. The van der Waals surface area contributed by atoms with E-state index in [2.05, 4.69) is 27.9 Å². The van der Waals surface area contributed by atoms with E-state index in [0.717, 1.165) is 23.9 Å². The van der Waals surface area contributed by atoms with Gasteiger partial charge in [-0.15, -0.1) is 0 Å². The Morgan fingerprint density at radius 2 is 2.14 bits per heavy atom. The molecule has 0 aliphatic rings. The number of imidazole rings is 1. The molecule has 0 aliphatic carbocycles. The van der Waals surface area contributed by atoms with Crippen LogP contribution in [0.3, 0.4) is 0 Å². The summed E-state index contributed by atoms with van der Waals surface area (Å²) in [7, 11) is 3.38. The van der Waals surface area contributed by atoms with Crippen LogP contribution in [0.2, 0.25) is 0 Å². The minimum atomic E-state index is 0.209. The summed E-state index contributed by atoms with van der Waals surface area (Å²) >= 11 is 0. The van der Waals surface area contributed by atoms with E-state index in [0.29, 0.717) is 6.61 Å². The van der Waals surface area contributed by atoms with Crippen LogP contribution in [-0.4, -0.2) is 36.4 Å². The third-order valence-electron chi connectivity index (χ3n) is 3.18. The number of ether oxygens (including phenoxy) is 2. The number of nitrogens with zero attached hydrogens (tertiary/aromatic N) is 2. The fourth-order valence-electron chi connectivity index (χ4n) is 2.26. The van der Waals surface area contributed by atoms with Gasteiger partial charge in [-0.2, -0.15) is 0 Å². The van der Waals surface area contributed by atoms with Crippen LogP contribution in [0.25, 0.3) is 0 Å². The molecule has 0 bridgehead atoms. The summed E-state index contributed by atoms with van der Waals surface area (Å²) in [5.41, 5.74) is 2.17. The van der Waals surface area contributed by atoms with E-state index < -0.39 is 0 Å². The summed E-state index contributed by atoms with van der Waals surface area (Å²) < 4.78 is 12.5. The van der Waals surface area contributed by atoms with Gasteiger partial charge in [-0.25, -0.2) is 4.98 Å². The quantitative estimate of drug-likeness (QED) is 0.851. The van der Waals surface area contributed by atoms with Gasteiger partial charge in [-0.1, -0.05) is 12.1 Å². The molecular formula is C16H23N3O2. The van der Waals surface area contributed by atoms with Crippen LogP contribution >= 0.6 is 0 Å². The van der Waals surface area contributed by atoms with Crippen molar-refractivity contribution in [3.8, 4) is 5.75 Å². The zero-order chi connectivity index (χ0) is 15.2. The average molecular weight is 289 g/mol. The molecule has 0 radical (unpaired) electrons. The van der Waals surface area contributed by atoms with Crippen molar-refractivity contribution in [2.24, 2.45) is 0 Å². The first kappa shape index (κ1) is 15.4. The predicted octanol–water partition coefficient (Wildman–Crippen LogP) is 2.70. The third-order valence-corrected chi connectivity index (χ3v) is 3.18. The van der Waals surface area contributed by atoms with Gasteiger partial charge in [-0.05, 0) is 31.5 Å². The standard InChI is InChI=1S/C16H23N3O2/c1-12-9-19(16(17-12)18-13(2)11-20-3)10-14-6-5-7-15(8-14)21-4/h5-9,13H,10-11H2,1-4H3,(H,17,18). The first-order valence-corrected chi connectivity index (χ1v) is 7.04. The van der Waals surface area contributed by atoms with E-state index in [4.69, 9.17) is 9.47 Å². The van der Waals surface area contributed by atoms with Crippen molar-refractivity contribution >= 4 is 5.95 Å². The van der Waals surface area contributed by atoms with E-state index in [1.807, 2.05) is 31.3 Å². The van der Waals surface area contributed by atoms with Crippen molar-refractivity contribution in [2.75, 3.05) is 26.1 Å². The van der Waals surface area contributed by atoms with Gasteiger partial charge in [0.25, 0.3) is 0 Å². The molecule has 0 saturated carbocycles. The lowest BCUT2D eigenvalue weighted by Gasteiger charge is -2.15. The number of methoxy groups -OCH3 is 2. The smallest absolute Gasteiger partial charge is 0.203 e. The summed E-state index contributed by atoms with van der Waals surface area (Å²) in [5.74, 6) is 1.73. The predicted molar refractivity (Wildman–Crippen MR) is 84.0 cm³/mol. The molecule has 1 heterocycles. The van der Waals surface area contributed by atoms with Gasteiger partial charge in [0.1, 0.15) is 5.75 Å². The Morgan fingerprint density at radius 1 is 1.33 bits per heavy atom. The second kappa shape index (κ2) is 7.13. The van der Waals surface area contributed by atoms with E-state index in [1.165, 1.54) is 5.56 Å². The van der Waals surface area contributed by atoms with Crippen LogP contribution in [0, 0.1) is 6.92 Å². The zero-order valence-corrected chi connectivity index (χ0v) is 13.1. The van der Waals surface area contributed by atoms with Crippen LogP contribution in [0.1, 0.15) is 18.2 Å². The number of aromatic nitrogens is 2. The van der Waals surface area contributed by atoms with Gasteiger partial charge in [-0.3, -0.25) is 0 Å². The van der Waals surface area contributed by atoms with Gasteiger partial charge >= 0.3 is 0 Å². The molecule has 5 heteroatoms. The highest BCUT2D eigenvalue weighted by molar-refractivity contribution is 5.34. The van der Waals surface area contributed by atoms with Crippen LogP contribution in [0.15, 0.2) is 30.5 Å². The molecule has 0 spiro atoms. The Balaban J connectivity index is 2.15. The zero-order valence-electron chi connectivity index (χ0n) is 13.1. The van der Waals surface area contributed by atoms with Gasteiger partial charge in [0.05, 0.1) is 26.0 Å². The SMILES string of the molecule is COCC(C)Nc1nc(C)cn1Cc1cccc(OC)c1. The van der Waals surface area contributed by atoms with Crippen molar-refractivity contribution in [1.29, 1.82) is 0 Å². The van der Waals surface area contributed by atoms with Crippen molar-refractivity contribution in [1.82, 2.24) is 9.55 Å². The van der Waals surface area contributed by atoms with Crippen molar-refractivity contribution in [3.05, 3.63) is 41.7 Å². The largest absolute Gasteiger partial charge is 0.497 e. The van der Waals surface area contributed by atoms with Crippen LogP contribution in [-0.2, 0) is 11.3 Å². The second-order valence-corrected chi connectivity index (χ2v) is 5.19. The van der Waals surface area contributed by atoms with Crippen molar-refractivity contribution in [3.63, 3.8) is 0 Å². The first-order valence-electron chi connectivity index (χ1n) is 7.04. The first-order chi connectivity index (χ1) is 10.1. The molecule has 1 atom stereocenters. The number of hydrogen-bond donors (Lipinski definition) is 1. The maximum absolute atomic E-state index is 5.27. The number of hydrogen-bond acceptors (Lipinski definition) is 4. The molecule has 0 saturated heterocycles. The Kier molecular flexibility index (Phi) is 5.22. The lowest BCUT2D eigenvalue weighted by atomic mass is 10.2. The second-order valence-electron chi connectivity index (χ2n) is 5.19. The molecule has 2 aromatic rings. The highest BCUT2D eigenvalue weighted by Gasteiger charge is 2.09. The fourth-order valence-corrected chi connectivity index (χ4v) is 2.26. The molecule has 0 aliphatic heterocycles. The lowest BCUT2D eigenvalue weighted by molar-refractivity contribution is 0.190. The maximum atomic E-state index is 5.27.